The molecular weight excluding hydrogens is 348 g/mol. The summed E-state index contributed by atoms with van der Waals surface area (Å²) in [6.45, 7) is 2.41. The number of nitrogens with one attached hydrogen (secondary N) is 1. The van der Waals surface area contributed by atoms with Gasteiger partial charge < -0.3 is 5.32 Å². The molecule has 0 bridgehead atoms. The van der Waals surface area contributed by atoms with Crippen molar-refractivity contribution in [2.75, 3.05) is 0 Å². The molecule has 0 unspecified atom stereocenters. The number of carbonyl (C=O) groups is 1. The van der Waals surface area contributed by atoms with Crippen LogP contribution in [0.4, 0.5) is 0 Å². The van der Waals surface area contributed by atoms with Crippen LogP contribution in [-0.2, 0) is 6.54 Å². The van der Waals surface area contributed by atoms with Gasteiger partial charge in [-0.15, -0.1) is 11.3 Å². The summed E-state index contributed by atoms with van der Waals surface area (Å²) in [4.78, 5) is 16.8. The van der Waals surface area contributed by atoms with Gasteiger partial charge in [-0.3, -0.25) is 4.79 Å². The SMILES string of the molecule is Cc1ccc(Br)c(C(=O)NCc2nc3ccccc3s2)c1. The van der Waals surface area contributed by atoms with Gasteiger partial charge in [-0.05, 0) is 47.1 Å². The Labute approximate surface area is 135 Å². The number of hydrogen-bond acceptors (Lipinski definition) is 3. The first-order valence-corrected chi connectivity index (χ1v) is 8.13. The number of aryl methyl sites for hydroxylation is 1. The largest absolute Gasteiger partial charge is 0.345 e. The Bertz CT molecular complexity index is 780. The molecule has 3 aromatic rings. The molecule has 0 spiro atoms. The highest BCUT2D eigenvalue weighted by molar-refractivity contribution is 9.10. The second-order valence-corrected chi connectivity index (χ2v) is 6.71. The Morgan fingerprint density at radius 2 is 2.10 bits per heavy atom. The van der Waals surface area contributed by atoms with E-state index in [1.807, 2.05) is 49.4 Å². The van der Waals surface area contributed by atoms with E-state index in [0.29, 0.717) is 12.1 Å². The maximum Gasteiger partial charge on any atom is 0.252 e. The van der Waals surface area contributed by atoms with Crippen LogP contribution in [0.2, 0.25) is 0 Å². The fourth-order valence-corrected chi connectivity index (χ4v) is 3.39. The molecule has 0 aliphatic carbocycles. The average molecular weight is 361 g/mol. The Balaban J connectivity index is 1.74. The van der Waals surface area contributed by atoms with E-state index in [2.05, 4.69) is 26.2 Å². The number of thiazole rings is 1. The van der Waals surface area contributed by atoms with Crippen molar-refractivity contribution in [3.8, 4) is 0 Å². The number of rotatable bonds is 3. The molecule has 0 radical (unpaired) electrons. The second-order valence-electron chi connectivity index (χ2n) is 4.74. The topological polar surface area (TPSA) is 42.0 Å². The molecule has 106 valence electrons. The molecule has 1 amide bonds. The van der Waals surface area contributed by atoms with Crippen LogP contribution < -0.4 is 5.32 Å². The highest BCUT2D eigenvalue weighted by atomic mass is 79.9. The van der Waals surface area contributed by atoms with E-state index < -0.39 is 0 Å². The quantitative estimate of drug-likeness (QED) is 0.756. The Hall–Kier alpha value is -1.72. The van der Waals surface area contributed by atoms with Gasteiger partial charge in [0.05, 0.1) is 22.3 Å². The number of amides is 1. The Kier molecular flexibility index (Phi) is 4.03. The molecule has 1 heterocycles. The van der Waals surface area contributed by atoms with Crippen molar-refractivity contribution in [2.45, 2.75) is 13.5 Å². The Morgan fingerprint density at radius 3 is 2.90 bits per heavy atom. The summed E-state index contributed by atoms with van der Waals surface area (Å²) in [5.41, 5.74) is 2.68. The van der Waals surface area contributed by atoms with Crippen LogP contribution in [0.15, 0.2) is 46.9 Å². The lowest BCUT2D eigenvalue weighted by atomic mass is 10.1. The third kappa shape index (κ3) is 3.14. The summed E-state index contributed by atoms with van der Waals surface area (Å²) in [6, 6.07) is 13.7. The number of carbonyl (C=O) groups excluding carboxylic acids is 1. The number of halogens is 1. The minimum Gasteiger partial charge on any atom is -0.345 e. The van der Waals surface area contributed by atoms with Gasteiger partial charge in [-0.1, -0.05) is 23.8 Å². The van der Waals surface area contributed by atoms with Crippen molar-refractivity contribution >= 4 is 43.4 Å². The van der Waals surface area contributed by atoms with Crippen LogP contribution in [0, 0.1) is 6.92 Å². The van der Waals surface area contributed by atoms with E-state index in [9.17, 15) is 4.79 Å². The molecule has 2 aromatic carbocycles. The summed E-state index contributed by atoms with van der Waals surface area (Å²) in [5, 5.41) is 3.83. The van der Waals surface area contributed by atoms with E-state index in [-0.39, 0.29) is 5.91 Å². The number of aromatic nitrogens is 1. The van der Waals surface area contributed by atoms with Crippen molar-refractivity contribution in [3.05, 3.63) is 63.1 Å². The second kappa shape index (κ2) is 5.95. The molecule has 5 heteroatoms. The fraction of sp³-hybridized carbons (Fsp3) is 0.125. The van der Waals surface area contributed by atoms with Gasteiger partial charge in [0.1, 0.15) is 5.01 Å². The van der Waals surface area contributed by atoms with Gasteiger partial charge in [-0.25, -0.2) is 4.98 Å². The number of nitrogens with zero attached hydrogens (tertiary/aromatic N) is 1. The number of hydrogen-bond donors (Lipinski definition) is 1. The van der Waals surface area contributed by atoms with Gasteiger partial charge in [-0.2, -0.15) is 0 Å². The average Bonchev–Trinajstić information content (AvgIpc) is 2.90. The third-order valence-corrected chi connectivity index (χ3v) is 4.83. The minimum atomic E-state index is -0.0927. The van der Waals surface area contributed by atoms with Crippen LogP contribution in [0.5, 0.6) is 0 Å². The standard InChI is InChI=1S/C16H13BrN2OS/c1-10-6-7-12(17)11(8-10)16(20)18-9-15-19-13-4-2-3-5-14(13)21-15/h2-8H,9H2,1H3,(H,18,20). The van der Waals surface area contributed by atoms with E-state index in [1.165, 1.54) is 0 Å². The van der Waals surface area contributed by atoms with E-state index in [0.717, 1.165) is 25.3 Å². The van der Waals surface area contributed by atoms with E-state index >= 15 is 0 Å². The molecule has 1 aromatic heterocycles. The molecule has 1 N–H and O–H groups in total. The first kappa shape index (κ1) is 14.2. The normalized spacial score (nSPS) is 10.8. The third-order valence-electron chi connectivity index (χ3n) is 3.10. The summed E-state index contributed by atoms with van der Waals surface area (Å²) in [5.74, 6) is -0.0927. The number of benzene rings is 2. The zero-order valence-electron chi connectivity index (χ0n) is 11.4. The van der Waals surface area contributed by atoms with Crippen molar-refractivity contribution in [1.82, 2.24) is 10.3 Å². The number of fused-ring (bicyclic) bond motifs is 1. The molecule has 21 heavy (non-hydrogen) atoms. The summed E-state index contributed by atoms with van der Waals surface area (Å²) >= 11 is 5.02. The van der Waals surface area contributed by atoms with Crippen molar-refractivity contribution in [3.63, 3.8) is 0 Å². The zero-order valence-corrected chi connectivity index (χ0v) is 13.8. The molecule has 0 fully saturated rings. The van der Waals surface area contributed by atoms with Crippen LogP contribution in [0.1, 0.15) is 20.9 Å². The molecule has 0 saturated carbocycles. The summed E-state index contributed by atoms with van der Waals surface area (Å²) in [7, 11) is 0. The maximum atomic E-state index is 12.2. The van der Waals surface area contributed by atoms with Gasteiger partial charge in [0.2, 0.25) is 0 Å². The summed E-state index contributed by atoms with van der Waals surface area (Å²) in [6.07, 6.45) is 0. The fourth-order valence-electron chi connectivity index (χ4n) is 2.06. The monoisotopic (exact) mass is 360 g/mol. The molecule has 3 rings (SSSR count). The summed E-state index contributed by atoms with van der Waals surface area (Å²) < 4.78 is 1.94. The number of para-hydroxylation sites is 1. The molecule has 3 nitrogen and oxygen atoms in total. The van der Waals surface area contributed by atoms with Gasteiger partial charge in [0, 0.05) is 4.47 Å². The zero-order chi connectivity index (χ0) is 14.8. The molecular formula is C16H13BrN2OS. The van der Waals surface area contributed by atoms with Crippen LogP contribution in [0.25, 0.3) is 10.2 Å². The lowest BCUT2D eigenvalue weighted by Gasteiger charge is -2.06. The van der Waals surface area contributed by atoms with Crippen LogP contribution in [0.3, 0.4) is 0 Å². The minimum absolute atomic E-state index is 0.0927. The highest BCUT2D eigenvalue weighted by Crippen LogP contribution is 2.22. The van der Waals surface area contributed by atoms with Crippen LogP contribution >= 0.6 is 27.3 Å². The highest BCUT2D eigenvalue weighted by Gasteiger charge is 2.11. The smallest absolute Gasteiger partial charge is 0.252 e. The van der Waals surface area contributed by atoms with Crippen LogP contribution in [-0.4, -0.2) is 10.9 Å². The lowest BCUT2D eigenvalue weighted by molar-refractivity contribution is 0.0950. The molecule has 0 aliphatic rings. The van der Waals surface area contributed by atoms with Gasteiger partial charge >= 0.3 is 0 Å². The van der Waals surface area contributed by atoms with E-state index in [4.69, 9.17) is 0 Å². The van der Waals surface area contributed by atoms with Gasteiger partial charge in [0.15, 0.2) is 0 Å². The molecule has 0 saturated heterocycles. The first-order chi connectivity index (χ1) is 10.1. The van der Waals surface area contributed by atoms with Crippen molar-refractivity contribution in [2.24, 2.45) is 0 Å². The molecule has 0 aliphatic heterocycles. The first-order valence-electron chi connectivity index (χ1n) is 6.52. The van der Waals surface area contributed by atoms with Crippen molar-refractivity contribution < 1.29 is 4.79 Å². The predicted octanol–water partition coefficient (Wildman–Crippen LogP) is 4.30. The van der Waals surface area contributed by atoms with E-state index in [1.54, 1.807) is 11.3 Å². The van der Waals surface area contributed by atoms with Crippen molar-refractivity contribution in [1.29, 1.82) is 0 Å². The molecule has 0 atom stereocenters. The van der Waals surface area contributed by atoms with Gasteiger partial charge in [0.25, 0.3) is 5.91 Å². The Morgan fingerprint density at radius 1 is 1.29 bits per heavy atom. The predicted molar refractivity (Wildman–Crippen MR) is 89.7 cm³/mol. The maximum absolute atomic E-state index is 12.2. The lowest BCUT2D eigenvalue weighted by Crippen LogP contribution is -2.23.